The van der Waals surface area contributed by atoms with Gasteiger partial charge in [0.15, 0.2) is 5.82 Å². The molecule has 7 heteroatoms. The van der Waals surface area contributed by atoms with Crippen molar-refractivity contribution < 1.29 is 18.8 Å². The Balaban J connectivity index is 1.48. The average molecular weight is 307 g/mol. The maximum Gasteiger partial charge on any atom is 0.228 e. The van der Waals surface area contributed by atoms with Crippen molar-refractivity contribution in [2.24, 2.45) is 11.8 Å². The highest BCUT2D eigenvalue weighted by Gasteiger charge is 2.32. The van der Waals surface area contributed by atoms with Gasteiger partial charge in [0.2, 0.25) is 11.8 Å². The summed E-state index contributed by atoms with van der Waals surface area (Å²) in [7, 11) is 0. The number of likely N-dealkylation sites (tertiary alicyclic amines) is 1. The summed E-state index contributed by atoms with van der Waals surface area (Å²) in [4.78, 5) is 26.4. The number of hydrogen-bond donors (Lipinski definition) is 1. The Hall–Kier alpha value is -1.89. The number of anilines is 1. The Morgan fingerprint density at radius 2 is 2.05 bits per heavy atom. The van der Waals surface area contributed by atoms with Gasteiger partial charge < -0.3 is 19.5 Å². The fourth-order valence-electron chi connectivity index (χ4n) is 3.00. The fourth-order valence-corrected chi connectivity index (χ4v) is 3.00. The van der Waals surface area contributed by atoms with Crippen LogP contribution in [0.3, 0.4) is 0 Å². The summed E-state index contributed by atoms with van der Waals surface area (Å²) in [6, 6.07) is 1.69. The summed E-state index contributed by atoms with van der Waals surface area (Å²) in [5.74, 6) is 1.15. The first kappa shape index (κ1) is 15.0. The zero-order valence-corrected chi connectivity index (χ0v) is 12.7. The zero-order valence-electron chi connectivity index (χ0n) is 12.7. The number of hydrogen-bond acceptors (Lipinski definition) is 5. The van der Waals surface area contributed by atoms with Crippen molar-refractivity contribution in [3.8, 4) is 0 Å². The molecular formula is C15H21N3O4. The van der Waals surface area contributed by atoms with E-state index in [9.17, 15) is 9.59 Å². The molecule has 2 fully saturated rings. The lowest BCUT2D eigenvalue weighted by molar-refractivity contribution is -0.138. The van der Waals surface area contributed by atoms with Crippen LogP contribution in [0, 0.1) is 18.8 Å². The van der Waals surface area contributed by atoms with Crippen LogP contribution in [0.25, 0.3) is 0 Å². The normalized spacial score (nSPS) is 22.8. The molecule has 1 N–H and O–H groups in total. The Morgan fingerprint density at radius 3 is 2.64 bits per heavy atom. The van der Waals surface area contributed by atoms with Crippen molar-refractivity contribution in [3.05, 3.63) is 11.8 Å². The van der Waals surface area contributed by atoms with Gasteiger partial charge in [0, 0.05) is 31.7 Å². The van der Waals surface area contributed by atoms with Gasteiger partial charge in [-0.3, -0.25) is 9.59 Å². The van der Waals surface area contributed by atoms with E-state index in [-0.39, 0.29) is 23.7 Å². The van der Waals surface area contributed by atoms with Gasteiger partial charge in [-0.1, -0.05) is 5.16 Å². The van der Waals surface area contributed by atoms with Gasteiger partial charge in [0.1, 0.15) is 5.76 Å². The topological polar surface area (TPSA) is 84.7 Å². The predicted octanol–water partition coefficient (Wildman–Crippen LogP) is 1.20. The third kappa shape index (κ3) is 3.30. The van der Waals surface area contributed by atoms with Crippen molar-refractivity contribution in [2.45, 2.75) is 26.2 Å². The fraction of sp³-hybridized carbons (Fsp3) is 0.667. The standard InChI is InChI=1S/C15H21N3O4/c1-10-8-13(17-22-10)16-14(19)11-2-5-18(6-3-11)15(20)12-4-7-21-9-12/h8,11-12H,2-7,9H2,1H3,(H,16,17,19)/t12-/m1/s1. The molecule has 1 aromatic heterocycles. The second-order valence-electron chi connectivity index (χ2n) is 5.97. The van der Waals surface area contributed by atoms with Crippen LogP contribution in [0.15, 0.2) is 10.6 Å². The minimum atomic E-state index is -0.0825. The smallest absolute Gasteiger partial charge is 0.228 e. The van der Waals surface area contributed by atoms with E-state index in [1.165, 1.54) is 0 Å². The number of piperidine rings is 1. The lowest BCUT2D eigenvalue weighted by atomic mass is 9.94. The molecule has 0 aliphatic carbocycles. The molecule has 0 aromatic carbocycles. The minimum absolute atomic E-state index is 0.00322. The van der Waals surface area contributed by atoms with Gasteiger partial charge in [-0.25, -0.2) is 0 Å². The molecule has 22 heavy (non-hydrogen) atoms. The van der Waals surface area contributed by atoms with Crippen molar-refractivity contribution in [3.63, 3.8) is 0 Å². The number of nitrogens with zero attached hydrogens (tertiary/aromatic N) is 2. The van der Waals surface area contributed by atoms with E-state index in [4.69, 9.17) is 9.26 Å². The van der Waals surface area contributed by atoms with Gasteiger partial charge in [0.05, 0.1) is 12.5 Å². The van der Waals surface area contributed by atoms with Gasteiger partial charge in [-0.05, 0) is 26.2 Å². The number of carbonyl (C=O) groups excluding carboxylic acids is 2. The summed E-state index contributed by atoms with van der Waals surface area (Å²) in [5.41, 5.74) is 0. The first-order valence-electron chi connectivity index (χ1n) is 7.74. The van der Waals surface area contributed by atoms with Crippen molar-refractivity contribution >= 4 is 17.6 Å². The lowest BCUT2D eigenvalue weighted by Gasteiger charge is -2.32. The van der Waals surface area contributed by atoms with Gasteiger partial charge in [-0.2, -0.15) is 0 Å². The third-order valence-corrected chi connectivity index (χ3v) is 4.34. The molecule has 0 spiro atoms. The minimum Gasteiger partial charge on any atom is -0.381 e. The molecule has 3 heterocycles. The summed E-state index contributed by atoms with van der Waals surface area (Å²) in [6.45, 7) is 4.24. The highest BCUT2D eigenvalue weighted by atomic mass is 16.5. The zero-order chi connectivity index (χ0) is 15.5. The Bertz CT molecular complexity index is 543. The largest absolute Gasteiger partial charge is 0.381 e. The van der Waals surface area contributed by atoms with Gasteiger partial charge in [-0.15, -0.1) is 0 Å². The Kier molecular flexibility index (Phi) is 4.42. The van der Waals surface area contributed by atoms with Crippen LogP contribution in [0.2, 0.25) is 0 Å². The van der Waals surface area contributed by atoms with E-state index in [2.05, 4.69) is 10.5 Å². The molecule has 0 radical (unpaired) electrons. The Morgan fingerprint density at radius 1 is 1.27 bits per heavy atom. The second kappa shape index (κ2) is 6.48. The SMILES string of the molecule is Cc1cc(NC(=O)C2CCN(C(=O)[C@@H]3CCOC3)CC2)no1. The first-order chi connectivity index (χ1) is 10.6. The van der Waals surface area contributed by atoms with Crippen LogP contribution in [-0.4, -0.2) is 48.2 Å². The molecule has 2 amide bonds. The summed E-state index contributed by atoms with van der Waals surface area (Å²) >= 11 is 0. The monoisotopic (exact) mass is 307 g/mol. The van der Waals surface area contributed by atoms with E-state index in [0.29, 0.717) is 50.7 Å². The molecule has 2 aliphatic rings. The van der Waals surface area contributed by atoms with E-state index >= 15 is 0 Å². The molecule has 0 unspecified atom stereocenters. The molecule has 1 atom stereocenters. The van der Waals surface area contributed by atoms with Crippen molar-refractivity contribution in [1.82, 2.24) is 10.1 Å². The number of ether oxygens (including phenoxy) is 1. The van der Waals surface area contributed by atoms with Gasteiger partial charge >= 0.3 is 0 Å². The number of aryl methyl sites for hydroxylation is 1. The summed E-state index contributed by atoms with van der Waals surface area (Å²) in [6.07, 6.45) is 2.18. The van der Waals surface area contributed by atoms with E-state index in [0.717, 1.165) is 6.42 Å². The van der Waals surface area contributed by atoms with E-state index in [1.807, 2.05) is 4.90 Å². The number of rotatable bonds is 3. The van der Waals surface area contributed by atoms with Crippen LogP contribution < -0.4 is 5.32 Å². The molecule has 3 rings (SSSR count). The van der Waals surface area contributed by atoms with Crippen molar-refractivity contribution in [1.29, 1.82) is 0 Å². The molecule has 2 saturated heterocycles. The highest BCUT2D eigenvalue weighted by molar-refractivity contribution is 5.91. The van der Waals surface area contributed by atoms with Crippen LogP contribution in [0.4, 0.5) is 5.82 Å². The average Bonchev–Trinajstić information content (AvgIpc) is 3.18. The Labute approximate surface area is 129 Å². The molecular weight excluding hydrogens is 286 g/mol. The molecule has 0 bridgehead atoms. The highest BCUT2D eigenvalue weighted by Crippen LogP contribution is 2.23. The number of aromatic nitrogens is 1. The quantitative estimate of drug-likeness (QED) is 0.907. The number of nitrogens with one attached hydrogen (secondary N) is 1. The lowest BCUT2D eigenvalue weighted by Crippen LogP contribution is -2.44. The van der Waals surface area contributed by atoms with Crippen LogP contribution in [0.1, 0.15) is 25.0 Å². The number of carbonyl (C=O) groups is 2. The second-order valence-corrected chi connectivity index (χ2v) is 5.97. The summed E-state index contributed by atoms with van der Waals surface area (Å²) in [5, 5.41) is 6.53. The maximum absolute atomic E-state index is 12.3. The van der Waals surface area contributed by atoms with Crippen molar-refractivity contribution in [2.75, 3.05) is 31.6 Å². The maximum atomic E-state index is 12.3. The molecule has 2 aliphatic heterocycles. The molecule has 7 nitrogen and oxygen atoms in total. The molecule has 1 aromatic rings. The molecule has 120 valence electrons. The van der Waals surface area contributed by atoms with Crippen LogP contribution in [0.5, 0.6) is 0 Å². The van der Waals surface area contributed by atoms with Gasteiger partial charge in [0.25, 0.3) is 0 Å². The number of amides is 2. The van der Waals surface area contributed by atoms with Crippen LogP contribution >= 0.6 is 0 Å². The predicted molar refractivity (Wildman–Crippen MR) is 78.1 cm³/mol. The van der Waals surface area contributed by atoms with E-state index < -0.39 is 0 Å². The van der Waals surface area contributed by atoms with Crippen LogP contribution in [-0.2, 0) is 14.3 Å². The van der Waals surface area contributed by atoms with E-state index in [1.54, 1.807) is 13.0 Å². The molecule has 0 saturated carbocycles. The third-order valence-electron chi connectivity index (χ3n) is 4.34. The summed E-state index contributed by atoms with van der Waals surface area (Å²) < 4.78 is 10.2. The first-order valence-corrected chi connectivity index (χ1v) is 7.74.